The Labute approximate surface area is 131 Å². The fraction of sp³-hybridized carbons (Fsp3) is 0.316. The molecular formula is C19H21NO2. The van der Waals surface area contributed by atoms with E-state index in [1.807, 2.05) is 24.3 Å². The first kappa shape index (κ1) is 14.6. The molecule has 0 saturated heterocycles. The van der Waals surface area contributed by atoms with Crippen LogP contribution in [0.5, 0.6) is 0 Å². The number of benzene rings is 2. The fourth-order valence-corrected chi connectivity index (χ4v) is 3.09. The van der Waals surface area contributed by atoms with Crippen LogP contribution < -0.4 is 4.90 Å². The second-order valence-electron chi connectivity index (χ2n) is 6.39. The summed E-state index contributed by atoms with van der Waals surface area (Å²) in [7, 11) is 0. The topological polar surface area (TPSA) is 40.5 Å². The SMILES string of the molecule is CC(C)(C(=O)O)c1ccccc1N1CCc2ccccc2C1. The van der Waals surface area contributed by atoms with Crippen LogP contribution in [0.2, 0.25) is 0 Å². The van der Waals surface area contributed by atoms with Crippen molar-refractivity contribution in [2.24, 2.45) is 0 Å². The molecule has 0 fully saturated rings. The number of rotatable bonds is 3. The minimum absolute atomic E-state index is 0.794. The van der Waals surface area contributed by atoms with Gasteiger partial charge in [-0.25, -0.2) is 0 Å². The van der Waals surface area contributed by atoms with E-state index in [1.165, 1.54) is 11.1 Å². The molecule has 3 heteroatoms. The van der Waals surface area contributed by atoms with Crippen molar-refractivity contribution in [3.8, 4) is 0 Å². The highest BCUT2D eigenvalue weighted by atomic mass is 16.4. The molecule has 0 amide bonds. The first-order valence-corrected chi connectivity index (χ1v) is 7.65. The Balaban J connectivity index is 1.99. The number of carboxylic acid groups (broad SMARTS) is 1. The molecule has 114 valence electrons. The van der Waals surface area contributed by atoms with Crippen molar-refractivity contribution in [3.63, 3.8) is 0 Å². The van der Waals surface area contributed by atoms with Gasteiger partial charge in [0.25, 0.3) is 0 Å². The molecule has 0 aromatic heterocycles. The number of carbonyl (C=O) groups is 1. The zero-order valence-corrected chi connectivity index (χ0v) is 13.0. The van der Waals surface area contributed by atoms with E-state index in [9.17, 15) is 9.90 Å². The molecule has 2 aromatic rings. The minimum Gasteiger partial charge on any atom is -0.481 e. The second-order valence-corrected chi connectivity index (χ2v) is 6.39. The van der Waals surface area contributed by atoms with Crippen LogP contribution >= 0.6 is 0 Å². The van der Waals surface area contributed by atoms with Crippen LogP contribution in [0.1, 0.15) is 30.5 Å². The number of para-hydroxylation sites is 1. The van der Waals surface area contributed by atoms with Crippen molar-refractivity contribution in [2.45, 2.75) is 32.2 Å². The Morgan fingerprint density at radius 2 is 1.68 bits per heavy atom. The standard InChI is InChI=1S/C19H21NO2/c1-19(2,18(21)22)16-9-5-6-10-17(16)20-12-11-14-7-3-4-8-15(14)13-20/h3-10H,11-13H2,1-2H3,(H,21,22). The minimum atomic E-state index is -0.895. The summed E-state index contributed by atoms with van der Waals surface area (Å²) < 4.78 is 0. The summed E-state index contributed by atoms with van der Waals surface area (Å²) in [6.07, 6.45) is 0.998. The highest BCUT2D eigenvalue weighted by Crippen LogP contribution is 2.34. The molecule has 3 nitrogen and oxygen atoms in total. The maximum atomic E-state index is 11.6. The van der Waals surface area contributed by atoms with E-state index in [0.29, 0.717) is 0 Å². The lowest BCUT2D eigenvalue weighted by Gasteiger charge is -2.34. The molecule has 0 atom stereocenters. The van der Waals surface area contributed by atoms with Gasteiger partial charge < -0.3 is 10.0 Å². The van der Waals surface area contributed by atoms with Crippen LogP contribution in [-0.2, 0) is 23.2 Å². The maximum absolute atomic E-state index is 11.6. The van der Waals surface area contributed by atoms with Crippen molar-refractivity contribution in [3.05, 3.63) is 65.2 Å². The largest absolute Gasteiger partial charge is 0.481 e. The van der Waals surface area contributed by atoms with Crippen LogP contribution in [-0.4, -0.2) is 17.6 Å². The molecule has 2 aromatic carbocycles. The number of nitrogens with zero attached hydrogens (tertiary/aromatic N) is 1. The molecule has 0 unspecified atom stereocenters. The van der Waals surface area contributed by atoms with Crippen LogP contribution in [0.3, 0.4) is 0 Å². The van der Waals surface area contributed by atoms with Gasteiger partial charge in [-0.05, 0) is 43.0 Å². The van der Waals surface area contributed by atoms with Gasteiger partial charge in [0.2, 0.25) is 0 Å². The summed E-state index contributed by atoms with van der Waals surface area (Å²) in [4.78, 5) is 13.9. The number of hydrogen-bond donors (Lipinski definition) is 1. The summed E-state index contributed by atoms with van der Waals surface area (Å²) in [5, 5.41) is 9.56. The average Bonchev–Trinajstić information content (AvgIpc) is 2.54. The Bertz CT molecular complexity index is 706. The molecule has 0 spiro atoms. The molecule has 1 N–H and O–H groups in total. The number of carboxylic acids is 1. The first-order valence-electron chi connectivity index (χ1n) is 7.65. The zero-order chi connectivity index (χ0) is 15.7. The average molecular weight is 295 g/mol. The molecule has 0 aliphatic carbocycles. The molecular weight excluding hydrogens is 274 g/mol. The molecule has 22 heavy (non-hydrogen) atoms. The van der Waals surface area contributed by atoms with Gasteiger partial charge in [-0.15, -0.1) is 0 Å². The number of fused-ring (bicyclic) bond motifs is 1. The van der Waals surface area contributed by atoms with Crippen molar-refractivity contribution in [2.75, 3.05) is 11.4 Å². The van der Waals surface area contributed by atoms with Crippen molar-refractivity contribution < 1.29 is 9.90 Å². The lowest BCUT2D eigenvalue weighted by molar-refractivity contribution is -0.142. The van der Waals surface area contributed by atoms with Crippen molar-refractivity contribution >= 4 is 11.7 Å². The monoisotopic (exact) mass is 295 g/mol. The predicted octanol–water partition coefficient (Wildman–Crippen LogP) is 3.61. The summed E-state index contributed by atoms with van der Waals surface area (Å²) in [6.45, 7) is 5.30. The quantitative estimate of drug-likeness (QED) is 0.940. The van der Waals surface area contributed by atoms with Crippen molar-refractivity contribution in [1.82, 2.24) is 0 Å². The van der Waals surface area contributed by atoms with Gasteiger partial charge in [0.15, 0.2) is 0 Å². The maximum Gasteiger partial charge on any atom is 0.313 e. The lowest BCUT2D eigenvalue weighted by atomic mass is 9.83. The first-order chi connectivity index (χ1) is 10.5. The van der Waals surface area contributed by atoms with E-state index < -0.39 is 11.4 Å². The molecule has 0 radical (unpaired) electrons. The highest BCUT2D eigenvalue weighted by Gasteiger charge is 2.33. The van der Waals surface area contributed by atoms with Gasteiger partial charge in [0.05, 0.1) is 5.41 Å². The van der Waals surface area contributed by atoms with Gasteiger partial charge in [0, 0.05) is 18.8 Å². The third-order valence-corrected chi connectivity index (χ3v) is 4.58. The summed E-state index contributed by atoms with van der Waals surface area (Å²) in [5.41, 5.74) is 3.74. The second kappa shape index (κ2) is 5.48. The summed E-state index contributed by atoms with van der Waals surface area (Å²) >= 11 is 0. The molecule has 1 aliphatic rings. The van der Waals surface area contributed by atoms with E-state index in [0.717, 1.165) is 30.8 Å². The molecule has 1 aliphatic heterocycles. The lowest BCUT2D eigenvalue weighted by Crippen LogP contribution is -2.35. The van der Waals surface area contributed by atoms with Gasteiger partial charge in [-0.1, -0.05) is 42.5 Å². The summed E-state index contributed by atoms with van der Waals surface area (Å²) in [5.74, 6) is -0.794. The van der Waals surface area contributed by atoms with E-state index in [4.69, 9.17) is 0 Å². The zero-order valence-electron chi connectivity index (χ0n) is 13.0. The molecule has 1 heterocycles. The smallest absolute Gasteiger partial charge is 0.313 e. The van der Waals surface area contributed by atoms with Crippen LogP contribution in [0.4, 0.5) is 5.69 Å². The van der Waals surface area contributed by atoms with Crippen molar-refractivity contribution in [1.29, 1.82) is 0 Å². The molecule has 3 rings (SSSR count). The van der Waals surface area contributed by atoms with Gasteiger partial charge in [-0.3, -0.25) is 4.79 Å². The van der Waals surface area contributed by atoms with E-state index in [2.05, 4.69) is 29.2 Å². The number of anilines is 1. The van der Waals surface area contributed by atoms with Crippen LogP contribution in [0.25, 0.3) is 0 Å². The number of aliphatic carboxylic acids is 1. The fourth-order valence-electron chi connectivity index (χ4n) is 3.09. The van der Waals surface area contributed by atoms with Gasteiger partial charge in [0.1, 0.15) is 0 Å². The Morgan fingerprint density at radius 1 is 1.05 bits per heavy atom. The van der Waals surface area contributed by atoms with E-state index in [1.54, 1.807) is 13.8 Å². The normalized spacial score (nSPS) is 14.5. The van der Waals surface area contributed by atoms with Crippen LogP contribution in [0.15, 0.2) is 48.5 Å². The third-order valence-electron chi connectivity index (χ3n) is 4.58. The van der Waals surface area contributed by atoms with E-state index >= 15 is 0 Å². The van der Waals surface area contributed by atoms with Gasteiger partial charge >= 0.3 is 5.97 Å². The number of hydrogen-bond acceptors (Lipinski definition) is 2. The predicted molar refractivity (Wildman–Crippen MR) is 88.3 cm³/mol. The summed E-state index contributed by atoms with van der Waals surface area (Å²) in [6, 6.07) is 16.4. The van der Waals surface area contributed by atoms with Crippen LogP contribution in [0, 0.1) is 0 Å². The highest BCUT2D eigenvalue weighted by molar-refractivity contribution is 5.83. The Hall–Kier alpha value is -2.29. The molecule has 0 bridgehead atoms. The molecule has 0 saturated carbocycles. The van der Waals surface area contributed by atoms with E-state index in [-0.39, 0.29) is 0 Å². The Morgan fingerprint density at radius 3 is 2.41 bits per heavy atom. The Kier molecular flexibility index (Phi) is 3.65. The van der Waals surface area contributed by atoms with Gasteiger partial charge in [-0.2, -0.15) is 0 Å². The third kappa shape index (κ3) is 2.47.